The Hall–Kier alpha value is -3.45. The minimum absolute atomic E-state index is 0.119. The number of anilines is 1. The minimum atomic E-state index is -3.68. The molecule has 0 unspecified atom stereocenters. The fraction of sp³-hybridized carbons (Fsp3) is 0.0476. The van der Waals surface area contributed by atoms with Gasteiger partial charge in [0.2, 0.25) is 15.7 Å². The molecule has 0 saturated carbocycles. The highest BCUT2D eigenvalue weighted by Gasteiger charge is 2.17. The number of nitrogens with one attached hydrogen (secondary N) is 1. The van der Waals surface area contributed by atoms with Gasteiger partial charge in [0.1, 0.15) is 5.75 Å². The molecule has 0 aliphatic heterocycles. The third-order valence-electron chi connectivity index (χ3n) is 3.92. The largest absolute Gasteiger partial charge is 0.507 e. The highest BCUT2D eigenvalue weighted by Crippen LogP contribution is 2.25. The number of hydrogen-bond acceptors (Lipinski definition) is 5. The number of para-hydroxylation sites is 1. The number of phenolic OH excluding ortho intramolecular Hbond substituents is 1. The quantitative estimate of drug-likeness (QED) is 0.641. The van der Waals surface area contributed by atoms with Gasteiger partial charge in [-0.05, 0) is 60.7 Å². The van der Waals surface area contributed by atoms with Crippen molar-refractivity contribution < 1.29 is 18.3 Å². The SMILES string of the molecule is CC(=O)Nc1ccc(S(=O)(=O)c2ccc(/N=C/c3ccccc3O)cc2)cc1. The summed E-state index contributed by atoms with van der Waals surface area (Å²) in [6, 6.07) is 18.9. The number of aromatic hydroxyl groups is 1. The summed E-state index contributed by atoms with van der Waals surface area (Å²) in [4.78, 5) is 15.6. The molecule has 0 aliphatic carbocycles. The van der Waals surface area contributed by atoms with E-state index in [2.05, 4.69) is 10.3 Å². The van der Waals surface area contributed by atoms with Gasteiger partial charge in [-0.2, -0.15) is 0 Å². The lowest BCUT2D eigenvalue weighted by Gasteiger charge is -2.07. The van der Waals surface area contributed by atoms with Crippen LogP contribution in [0, 0.1) is 0 Å². The maximum absolute atomic E-state index is 12.7. The molecule has 3 rings (SSSR count). The van der Waals surface area contributed by atoms with Gasteiger partial charge < -0.3 is 10.4 Å². The first kappa shape index (κ1) is 19.3. The molecule has 0 atom stereocenters. The van der Waals surface area contributed by atoms with Crippen molar-refractivity contribution in [2.24, 2.45) is 4.99 Å². The summed E-state index contributed by atoms with van der Waals surface area (Å²) in [6.45, 7) is 1.38. The van der Waals surface area contributed by atoms with E-state index >= 15 is 0 Å². The maximum Gasteiger partial charge on any atom is 0.221 e. The molecule has 0 spiro atoms. The number of rotatable bonds is 5. The van der Waals surface area contributed by atoms with Crippen molar-refractivity contribution in [1.29, 1.82) is 0 Å². The van der Waals surface area contributed by atoms with Crippen LogP contribution in [-0.2, 0) is 14.6 Å². The van der Waals surface area contributed by atoms with E-state index in [1.807, 2.05) is 0 Å². The number of carbonyl (C=O) groups is 1. The van der Waals surface area contributed by atoms with E-state index in [9.17, 15) is 18.3 Å². The highest BCUT2D eigenvalue weighted by molar-refractivity contribution is 7.91. The summed E-state index contributed by atoms with van der Waals surface area (Å²) >= 11 is 0. The van der Waals surface area contributed by atoms with Crippen molar-refractivity contribution in [3.8, 4) is 5.75 Å². The lowest BCUT2D eigenvalue weighted by molar-refractivity contribution is -0.114. The molecule has 6 nitrogen and oxygen atoms in total. The van der Waals surface area contributed by atoms with Gasteiger partial charge in [0.15, 0.2) is 0 Å². The molecule has 0 fully saturated rings. The van der Waals surface area contributed by atoms with Gasteiger partial charge in [-0.15, -0.1) is 0 Å². The lowest BCUT2D eigenvalue weighted by Crippen LogP contribution is -2.06. The number of sulfone groups is 1. The van der Waals surface area contributed by atoms with Crippen LogP contribution < -0.4 is 5.32 Å². The van der Waals surface area contributed by atoms with Gasteiger partial charge in [0, 0.05) is 24.4 Å². The third-order valence-corrected chi connectivity index (χ3v) is 5.71. The zero-order valence-corrected chi connectivity index (χ0v) is 15.8. The molecule has 3 aromatic carbocycles. The summed E-state index contributed by atoms with van der Waals surface area (Å²) in [6.07, 6.45) is 1.51. The zero-order valence-electron chi connectivity index (χ0n) is 15.0. The number of amides is 1. The topological polar surface area (TPSA) is 95.8 Å². The number of carbonyl (C=O) groups excluding carboxylic acids is 1. The maximum atomic E-state index is 12.7. The predicted molar refractivity (Wildman–Crippen MR) is 108 cm³/mol. The zero-order chi connectivity index (χ0) is 20.1. The van der Waals surface area contributed by atoms with Gasteiger partial charge in [-0.3, -0.25) is 9.79 Å². The van der Waals surface area contributed by atoms with Crippen molar-refractivity contribution in [3.63, 3.8) is 0 Å². The first-order valence-electron chi connectivity index (χ1n) is 8.41. The van der Waals surface area contributed by atoms with Crippen molar-refractivity contribution in [1.82, 2.24) is 0 Å². The molecule has 28 heavy (non-hydrogen) atoms. The van der Waals surface area contributed by atoms with Crippen LogP contribution in [0.4, 0.5) is 11.4 Å². The summed E-state index contributed by atoms with van der Waals surface area (Å²) in [5.41, 5.74) is 1.65. The van der Waals surface area contributed by atoms with Crippen LogP contribution in [0.1, 0.15) is 12.5 Å². The van der Waals surface area contributed by atoms with Gasteiger partial charge in [0.05, 0.1) is 15.5 Å². The van der Waals surface area contributed by atoms with Crippen LogP contribution in [-0.4, -0.2) is 25.6 Å². The van der Waals surface area contributed by atoms with Crippen molar-refractivity contribution in [2.75, 3.05) is 5.32 Å². The molecule has 2 N–H and O–H groups in total. The van der Waals surface area contributed by atoms with Crippen LogP contribution in [0.3, 0.4) is 0 Å². The average Bonchev–Trinajstić information content (AvgIpc) is 2.68. The molecular weight excluding hydrogens is 376 g/mol. The Labute approximate surface area is 163 Å². The molecule has 142 valence electrons. The number of aliphatic imine (C=N–C) groups is 1. The molecule has 0 bridgehead atoms. The van der Waals surface area contributed by atoms with Gasteiger partial charge >= 0.3 is 0 Å². The normalized spacial score (nSPS) is 11.5. The Balaban J connectivity index is 1.80. The van der Waals surface area contributed by atoms with E-state index in [1.54, 1.807) is 48.5 Å². The first-order chi connectivity index (χ1) is 13.4. The van der Waals surface area contributed by atoms with Crippen LogP contribution in [0.2, 0.25) is 0 Å². The highest BCUT2D eigenvalue weighted by atomic mass is 32.2. The molecule has 0 saturated heterocycles. The van der Waals surface area contributed by atoms with E-state index < -0.39 is 9.84 Å². The molecule has 3 aromatic rings. The smallest absolute Gasteiger partial charge is 0.221 e. The number of benzene rings is 3. The Kier molecular flexibility index (Phi) is 5.56. The minimum Gasteiger partial charge on any atom is -0.507 e. The molecule has 1 amide bonds. The fourth-order valence-corrected chi connectivity index (χ4v) is 3.77. The number of nitrogens with zero attached hydrogens (tertiary/aromatic N) is 1. The van der Waals surface area contributed by atoms with Crippen LogP contribution in [0.5, 0.6) is 5.75 Å². The van der Waals surface area contributed by atoms with E-state index in [1.165, 1.54) is 37.4 Å². The van der Waals surface area contributed by atoms with E-state index in [0.29, 0.717) is 16.9 Å². The first-order valence-corrected chi connectivity index (χ1v) is 9.89. The van der Waals surface area contributed by atoms with Crippen molar-refractivity contribution in [2.45, 2.75) is 16.7 Å². The van der Waals surface area contributed by atoms with E-state index in [0.717, 1.165) is 0 Å². The molecule has 0 heterocycles. The summed E-state index contributed by atoms with van der Waals surface area (Å²) in [5, 5.41) is 12.3. The molecular formula is C21H18N2O4S. The summed E-state index contributed by atoms with van der Waals surface area (Å²) in [5.74, 6) is -0.108. The Bertz CT molecular complexity index is 1120. The fourth-order valence-electron chi connectivity index (χ4n) is 2.51. The molecule has 0 radical (unpaired) electrons. The third kappa shape index (κ3) is 4.44. The second kappa shape index (κ2) is 8.06. The Morgan fingerprint density at radius 2 is 1.50 bits per heavy atom. The second-order valence-electron chi connectivity index (χ2n) is 6.02. The molecule has 0 aliphatic rings. The Morgan fingerprint density at radius 3 is 2.07 bits per heavy atom. The Morgan fingerprint density at radius 1 is 0.929 bits per heavy atom. The van der Waals surface area contributed by atoms with Gasteiger partial charge in [0.25, 0.3) is 0 Å². The van der Waals surface area contributed by atoms with Gasteiger partial charge in [-0.25, -0.2) is 8.42 Å². The van der Waals surface area contributed by atoms with E-state index in [-0.39, 0.29) is 21.4 Å². The molecule has 7 heteroatoms. The number of hydrogen-bond donors (Lipinski definition) is 2. The van der Waals surface area contributed by atoms with E-state index in [4.69, 9.17) is 0 Å². The standard InChI is InChI=1S/C21H18N2O4S/c1-15(24)23-18-8-12-20(13-9-18)28(26,27)19-10-6-17(7-11-19)22-14-16-4-2-3-5-21(16)25/h2-14,25H,1H3,(H,23,24)/b22-14+. The second-order valence-corrected chi connectivity index (χ2v) is 7.97. The van der Waals surface area contributed by atoms with Crippen LogP contribution in [0.15, 0.2) is 87.6 Å². The summed E-state index contributed by atoms with van der Waals surface area (Å²) in [7, 11) is -3.68. The van der Waals surface area contributed by atoms with Crippen LogP contribution >= 0.6 is 0 Å². The van der Waals surface area contributed by atoms with Gasteiger partial charge in [-0.1, -0.05) is 12.1 Å². The molecule has 0 aromatic heterocycles. The predicted octanol–water partition coefficient (Wildman–Crippen LogP) is 3.93. The number of phenols is 1. The lowest BCUT2D eigenvalue weighted by atomic mass is 10.2. The monoisotopic (exact) mass is 394 g/mol. The summed E-state index contributed by atoms with van der Waals surface area (Å²) < 4.78 is 25.5. The van der Waals surface area contributed by atoms with Crippen molar-refractivity contribution >= 4 is 33.3 Å². The van der Waals surface area contributed by atoms with Crippen LogP contribution in [0.25, 0.3) is 0 Å². The average molecular weight is 394 g/mol. The van der Waals surface area contributed by atoms with Crippen molar-refractivity contribution in [3.05, 3.63) is 78.4 Å².